The molecule has 0 bridgehead atoms. The Balaban J connectivity index is 0.0000000996. The zero-order valence-electron chi connectivity index (χ0n) is 82.2. The van der Waals surface area contributed by atoms with Crippen LogP contribution in [-0.2, 0) is 0 Å². The Bertz CT molecular complexity index is 10300. The summed E-state index contributed by atoms with van der Waals surface area (Å²) < 4.78 is 21.0. The first-order valence-corrected chi connectivity index (χ1v) is 50.1. The number of nitrogens with zero attached hydrogens (tertiary/aromatic N) is 9. The third kappa shape index (κ3) is 15.1. The number of aromatic nitrogens is 9. The average molecular weight is 1900 g/mol. The van der Waals surface area contributed by atoms with Crippen molar-refractivity contribution in [3.63, 3.8) is 0 Å². The van der Waals surface area contributed by atoms with Crippen LogP contribution in [0.4, 0.5) is 0 Å². The van der Waals surface area contributed by atoms with E-state index >= 15 is 0 Å². The van der Waals surface area contributed by atoms with Crippen molar-refractivity contribution in [2.45, 2.75) is 6.92 Å². The highest BCUT2D eigenvalue weighted by Gasteiger charge is 2.27. The predicted molar refractivity (Wildman–Crippen MR) is 639 cm³/mol. The van der Waals surface area contributed by atoms with E-state index in [1.54, 1.807) is 0 Å². The third-order valence-electron chi connectivity index (χ3n) is 28.8. The molecule has 28 aromatic rings. The third-order valence-corrected chi connectivity index (χ3v) is 28.8. The second-order valence-corrected chi connectivity index (χ2v) is 37.0. The molecule has 0 aliphatic heterocycles. The molecule has 0 N–H and O–H groups in total. The minimum Gasteiger partial charge on any atom is -0.309 e. The fourth-order valence-electron chi connectivity index (χ4n) is 22.7. The smallest absolute Gasteiger partial charge is 0.0788 e. The first kappa shape index (κ1) is 90.8. The van der Waals surface area contributed by atoms with Crippen molar-refractivity contribution in [2.24, 2.45) is 0 Å². The zero-order valence-corrected chi connectivity index (χ0v) is 82.2. The van der Waals surface area contributed by atoms with Gasteiger partial charge in [0.2, 0.25) is 0 Å². The molecule has 28 rings (SSSR count). The molecule has 9 heterocycles. The molecule has 0 saturated heterocycles. The van der Waals surface area contributed by atoms with Gasteiger partial charge >= 0.3 is 0 Å². The van der Waals surface area contributed by atoms with Crippen LogP contribution < -0.4 is 0 Å². The van der Waals surface area contributed by atoms with E-state index in [1.807, 2.05) is 72.9 Å². The predicted octanol–water partition coefficient (Wildman–Crippen LogP) is 37.5. The average Bonchev–Trinajstić information content (AvgIpc) is 1.53. The number of benzene rings is 19. The van der Waals surface area contributed by atoms with Crippen molar-refractivity contribution in [1.29, 1.82) is 0 Å². The van der Waals surface area contributed by atoms with E-state index in [0.717, 1.165) is 50.9 Å². The van der Waals surface area contributed by atoms with Crippen LogP contribution in [0.5, 0.6) is 0 Å². The van der Waals surface area contributed by atoms with Gasteiger partial charge in [-0.1, -0.05) is 362 Å². The van der Waals surface area contributed by atoms with E-state index in [2.05, 4.69) is 537 Å². The molecular formula is C139H103N9. The highest BCUT2D eigenvalue weighted by atomic mass is 15.1. The van der Waals surface area contributed by atoms with Gasteiger partial charge in [0.15, 0.2) is 0 Å². The first-order chi connectivity index (χ1) is 73.1. The molecular weight excluding hydrogens is 1800 g/mol. The molecule has 0 amide bonds. The van der Waals surface area contributed by atoms with Crippen molar-refractivity contribution in [2.75, 3.05) is 0 Å². The summed E-state index contributed by atoms with van der Waals surface area (Å²) in [5.74, 6) is 0. The van der Waals surface area contributed by atoms with Crippen molar-refractivity contribution >= 4 is 219 Å². The Morgan fingerprint density at radius 3 is 0.804 bits per heavy atom. The second-order valence-electron chi connectivity index (χ2n) is 37.0. The van der Waals surface area contributed by atoms with Crippen molar-refractivity contribution in [3.05, 3.63) is 568 Å². The second kappa shape index (κ2) is 38.6. The molecule has 704 valence electrons. The molecule has 0 aliphatic carbocycles. The molecule has 19 aromatic carbocycles. The summed E-state index contributed by atoms with van der Waals surface area (Å²) >= 11 is 0. The van der Waals surface area contributed by atoms with Crippen molar-refractivity contribution in [3.8, 4) is 28.4 Å². The first-order valence-electron chi connectivity index (χ1n) is 50.1. The minimum atomic E-state index is 1.00. The minimum absolute atomic E-state index is 1.00. The molecule has 0 saturated carbocycles. The van der Waals surface area contributed by atoms with E-state index in [-0.39, 0.29) is 0 Å². The molecule has 0 atom stereocenters. The maximum Gasteiger partial charge on any atom is 0.0788 e. The van der Waals surface area contributed by atoms with E-state index in [1.165, 1.54) is 202 Å². The number of allylic oxidation sites excluding steroid dienone is 16. The summed E-state index contributed by atoms with van der Waals surface area (Å²) in [6.45, 7) is 34.2. The number of hydrogen-bond donors (Lipinski definition) is 0. The standard InChI is InChI=1S/4C30H22N2.C19H15N/c1-3-12-21(4-2)31-27-17-10-8-15-23(27)25-20-30-26(19-29(25)31)24-16-9-11-18-28(24)32(30)22-13-6-5-7-14-22;1-3-12-21(4-2)31-27-17-10-8-15-23(27)25-19-26-24-16-9-11-18-28(24)32(30(26)20-29(25)31)22-13-6-5-7-14-22;1-3-12-21(4-2)32-26-17-10-8-15-23(26)24-19-20-28-29(30(24)32)25-16-9-11-18-27(25)31(28)22-13-6-5-7-14-22;1-3-12-21(4-2)31-27-17-10-8-15-23(27)25-19-20-26-24-16-9-11-18-28(24)32(30(26)29(25)31)22-13-6-5-7-14-22;1-14-11-12-19-17(13-14)16-9-5-6-10-18(16)20(19)15-7-3-2-4-8-15/h4*3-20H,1-2H2;2-13H,1H3/b4*21-12+;. The molecule has 0 spiro atoms. The lowest BCUT2D eigenvalue weighted by Crippen LogP contribution is -1.98. The number of fused-ring (bicyclic) bond motifs is 29. The van der Waals surface area contributed by atoms with Crippen LogP contribution >= 0.6 is 0 Å². The van der Waals surface area contributed by atoms with E-state index < -0.39 is 0 Å². The topological polar surface area (TPSA) is 44.4 Å². The Hall–Kier alpha value is -19.7. The Kier molecular flexibility index (Phi) is 23.7. The fraction of sp³-hybridized carbons (Fsp3) is 0.00719. The fourth-order valence-corrected chi connectivity index (χ4v) is 22.7. The van der Waals surface area contributed by atoms with Gasteiger partial charge in [0.25, 0.3) is 0 Å². The monoisotopic (exact) mass is 1900 g/mol. The van der Waals surface area contributed by atoms with Gasteiger partial charge in [0, 0.05) is 148 Å². The van der Waals surface area contributed by atoms with Gasteiger partial charge in [-0.3, -0.25) is 0 Å². The lowest BCUT2D eigenvalue weighted by molar-refractivity contribution is 1.17. The van der Waals surface area contributed by atoms with Gasteiger partial charge in [0.05, 0.1) is 99.3 Å². The summed E-state index contributed by atoms with van der Waals surface area (Å²) in [5.41, 5.74) is 32.7. The number of aryl methyl sites for hydroxylation is 1. The van der Waals surface area contributed by atoms with E-state index in [9.17, 15) is 0 Å². The van der Waals surface area contributed by atoms with E-state index in [0.29, 0.717) is 0 Å². The normalized spacial score (nSPS) is 12.1. The Morgan fingerprint density at radius 2 is 0.399 bits per heavy atom. The molecule has 0 fully saturated rings. The van der Waals surface area contributed by atoms with Crippen LogP contribution in [0.15, 0.2) is 562 Å². The van der Waals surface area contributed by atoms with Crippen LogP contribution in [0.25, 0.3) is 247 Å². The van der Waals surface area contributed by atoms with Crippen LogP contribution in [0.1, 0.15) is 5.56 Å². The number of hydrogen-bond acceptors (Lipinski definition) is 0. The number of rotatable bonds is 17. The highest BCUT2D eigenvalue weighted by molar-refractivity contribution is 6.29. The Labute approximate surface area is 857 Å². The van der Waals surface area contributed by atoms with Crippen LogP contribution in [0.2, 0.25) is 0 Å². The lowest BCUT2D eigenvalue weighted by Gasteiger charge is -2.12. The molecule has 9 nitrogen and oxygen atoms in total. The van der Waals surface area contributed by atoms with Gasteiger partial charge in [0.1, 0.15) is 0 Å². The zero-order chi connectivity index (χ0) is 100. The summed E-state index contributed by atoms with van der Waals surface area (Å²) in [4.78, 5) is 0. The quantitative estimate of drug-likeness (QED) is 0.0816. The van der Waals surface area contributed by atoms with Gasteiger partial charge in [-0.05, 0) is 213 Å². The van der Waals surface area contributed by atoms with E-state index in [4.69, 9.17) is 0 Å². The van der Waals surface area contributed by atoms with Gasteiger partial charge < -0.3 is 41.1 Å². The summed E-state index contributed by atoms with van der Waals surface area (Å²) in [5, 5.41) is 22.5. The van der Waals surface area contributed by atoms with Crippen LogP contribution in [-0.4, -0.2) is 41.1 Å². The van der Waals surface area contributed by atoms with Crippen molar-refractivity contribution < 1.29 is 0 Å². The van der Waals surface area contributed by atoms with Gasteiger partial charge in [-0.15, -0.1) is 0 Å². The lowest BCUT2D eigenvalue weighted by atomic mass is 10.1. The molecule has 0 radical (unpaired) electrons. The summed E-state index contributed by atoms with van der Waals surface area (Å²) in [6.07, 6.45) is 22.9. The molecule has 148 heavy (non-hydrogen) atoms. The van der Waals surface area contributed by atoms with Gasteiger partial charge in [-0.25, -0.2) is 0 Å². The highest BCUT2D eigenvalue weighted by Crippen LogP contribution is 2.48. The molecule has 0 unspecified atom stereocenters. The van der Waals surface area contributed by atoms with Gasteiger partial charge in [-0.2, -0.15) is 0 Å². The molecule has 9 aromatic heterocycles. The Morgan fingerprint density at radius 1 is 0.162 bits per heavy atom. The van der Waals surface area contributed by atoms with Crippen LogP contribution in [0.3, 0.4) is 0 Å². The SMILES string of the molecule is C=C/C=C(\C=C)n1c2ccccc2c2cc3c(cc21)c1ccccc1n3-c1ccccc1.C=C/C=C(\C=C)n1c2ccccc2c2cc3c4ccccc4n(-c4ccccc4)c3cc21.C=C/C=C(\C=C)n1c2ccccc2c2ccc3c(c4ccccc4n3-c3ccccc3)c21.C=C/C=C(\C=C)n1c2ccccc2c2ccc3c4ccccc4n(-c4ccccc4)c3c21.Cc1ccc2c(c1)c1ccccc1n2-c1ccccc1. The maximum atomic E-state index is 4.11. The van der Waals surface area contributed by atoms with Crippen LogP contribution in [0, 0.1) is 6.92 Å². The summed E-state index contributed by atoms with van der Waals surface area (Å²) in [7, 11) is 0. The largest absolute Gasteiger partial charge is 0.309 e. The number of para-hydroxylation sites is 14. The molecule has 0 aliphatic rings. The van der Waals surface area contributed by atoms with Crippen molar-refractivity contribution in [1.82, 2.24) is 41.1 Å². The maximum absolute atomic E-state index is 4.11. The molecule has 9 heteroatoms. The summed E-state index contributed by atoms with van der Waals surface area (Å²) in [6, 6.07) is 155.